The zero-order valence-corrected chi connectivity index (χ0v) is 16.2. The minimum absolute atomic E-state index is 0.0602. The zero-order valence-electron chi connectivity index (χ0n) is 16.2. The Hall–Kier alpha value is -2.75. The number of aromatic nitrogens is 2. The minimum atomic E-state index is -0.766. The Balaban J connectivity index is 1.54. The van der Waals surface area contributed by atoms with Gasteiger partial charge in [0, 0.05) is 6.20 Å². The van der Waals surface area contributed by atoms with E-state index in [2.05, 4.69) is 17.2 Å². The number of unbranched alkanes of at least 4 members (excludes halogenated alkanes) is 2. The maximum absolute atomic E-state index is 12.2. The molecule has 1 aromatic heterocycles. The van der Waals surface area contributed by atoms with Crippen LogP contribution in [0.25, 0.3) is 0 Å². The van der Waals surface area contributed by atoms with E-state index in [0.717, 1.165) is 12.8 Å². The van der Waals surface area contributed by atoms with Crippen LogP contribution in [0.1, 0.15) is 38.0 Å². The summed E-state index contributed by atoms with van der Waals surface area (Å²) in [5, 5.41) is 11.4. The third-order valence-corrected chi connectivity index (χ3v) is 4.46. The van der Waals surface area contributed by atoms with Gasteiger partial charge in [-0.2, -0.15) is 4.98 Å². The van der Waals surface area contributed by atoms with Crippen molar-refractivity contribution in [3.05, 3.63) is 52.6 Å². The Morgan fingerprint density at radius 2 is 2.10 bits per heavy atom. The average molecular weight is 403 g/mol. The number of carbonyl (C=O) groups excluding carboxylic acids is 1. The van der Waals surface area contributed by atoms with Gasteiger partial charge in [-0.05, 0) is 36.6 Å². The van der Waals surface area contributed by atoms with Crippen LogP contribution in [0.4, 0.5) is 10.6 Å². The van der Waals surface area contributed by atoms with E-state index >= 15 is 0 Å². The maximum Gasteiger partial charge on any atom is 0.418 e. The molecule has 0 aliphatic carbocycles. The molecule has 1 aromatic carbocycles. The predicted octanol–water partition coefficient (Wildman–Crippen LogP) is 2.45. The first-order valence-corrected chi connectivity index (χ1v) is 9.64. The highest BCUT2D eigenvalue weighted by atomic mass is 16.7. The fourth-order valence-electron chi connectivity index (χ4n) is 2.93. The van der Waals surface area contributed by atoms with Crippen LogP contribution >= 0.6 is 0 Å². The van der Waals surface area contributed by atoms with Crippen molar-refractivity contribution in [2.75, 3.05) is 18.5 Å². The number of aryl methyl sites for hydroxylation is 1. The Kier molecular flexibility index (Phi) is 7.34. The molecule has 0 saturated carbocycles. The van der Waals surface area contributed by atoms with Crippen molar-refractivity contribution < 1.29 is 24.1 Å². The summed E-state index contributed by atoms with van der Waals surface area (Å²) < 4.78 is 17.0. The highest BCUT2D eigenvalue weighted by Crippen LogP contribution is 2.19. The maximum atomic E-state index is 12.2. The summed E-state index contributed by atoms with van der Waals surface area (Å²) in [5.74, 6) is 0.465. The molecular weight excluding hydrogens is 378 g/mol. The minimum Gasteiger partial charge on any atom is -0.410 e. The monoisotopic (exact) mass is 403 g/mol. The SMILES string of the molecule is CCCCCc1ccc(OC(=O)Nc2ccn([C@@H]3CO[C@H](CO)O3)c(=O)n2)cc1. The molecule has 1 saturated heterocycles. The predicted molar refractivity (Wildman–Crippen MR) is 105 cm³/mol. The second kappa shape index (κ2) is 10.1. The number of benzene rings is 1. The lowest BCUT2D eigenvalue weighted by Crippen LogP contribution is -2.29. The summed E-state index contributed by atoms with van der Waals surface area (Å²) in [6.45, 7) is 1.98. The molecule has 1 aliphatic heterocycles. The second-order valence-corrected chi connectivity index (χ2v) is 6.65. The first-order chi connectivity index (χ1) is 14.1. The van der Waals surface area contributed by atoms with Gasteiger partial charge in [0.25, 0.3) is 0 Å². The third kappa shape index (κ3) is 5.86. The van der Waals surface area contributed by atoms with E-state index in [9.17, 15) is 9.59 Å². The van der Waals surface area contributed by atoms with Gasteiger partial charge in [-0.25, -0.2) is 9.59 Å². The van der Waals surface area contributed by atoms with Crippen LogP contribution < -0.4 is 15.7 Å². The van der Waals surface area contributed by atoms with Crippen molar-refractivity contribution in [3.8, 4) is 5.75 Å². The van der Waals surface area contributed by atoms with Gasteiger partial charge in [0.05, 0.1) is 13.2 Å². The highest BCUT2D eigenvalue weighted by molar-refractivity contribution is 5.84. The normalized spacial score (nSPS) is 18.6. The first-order valence-electron chi connectivity index (χ1n) is 9.64. The van der Waals surface area contributed by atoms with Crippen molar-refractivity contribution in [1.29, 1.82) is 0 Å². The highest BCUT2D eigenvalue weighted by Gasteiger charge is 2.27. The fourth-order valence-corrected chi connectivity index (χ4v) is 2.93. The van der Waals surface area contributed by atoms with Gasteiger partial charge in [-0.1, -0.05) is 31.9 Å². The van der Waals surface area contributed by atoms with Crippen LogP contribution in [0.15, 0.2) is 41.3 Å². The Bertz CT molecular complexity index is 867. The molecule has 9 nitrogen and oxygen atoms in total. The molecule has 2 atom stereocenters. The van der Waals surface area contributed by atoms with E-state index < -0.39 is 24.3 Å². The summed E-state index contributed by atoms with van der Waals surface area (Å²) >= 11 is 0. The molecule has 2 N–H and O–H groups in total. The molecule has 2 aromatic rings. The van der Waals surface area contributed by atoms with E-state index in [1.807, 2.05) is 12.1 Å². The van der Waals surface area contributed by atoms with Crippen LogP contribution in [0.3, 0.4) is 0 Å². The quantitative estimate of drug-likeness (QED) is 0.651. The number of anilines is 1. The fraction of sp³-hybridized carbons (Fsp3) is 0.450. The number of hydrogen-bond acceptors (Lipinski definition) is 7. The summed E-state index contributed by atoms with van der Waals surface area (Å²) in [6, 6.07) is 8.79. The number of nitrogens with one attached hydrogen (secondary N) is 1. The molecule has 1 fully saturated rings. The molecule has 3 rings (SSSR count). The number of carbonyl (C=O) groups is 1. The van der Waals surface area contributed by atoms with Crippen LogP contribution in [0.5, 0.6) is 5.75 Å². The molecule has 1 amide bonds. The number of hydrogen-bond donors (Lipinski definition) is 2. The molecule has 0 radical (unpaired) electrons. The smallest absolute Gasteiger partial charge is 0.410 e. The van der Waals surface area contributed by atoms with E-state index in [-0.39, 0.29) is 19.0 Å². The van der Waals surface area contributed by atoms with Crippen molar-refractivity contribution in [2.45, 2.75) is 45.1 Å². The van der Waals surface area contributed by atoms with Gasteiger partial charge in [-0.3, -0.25) is 9.88 Å². The van der Waals surface area contributed by atoms with Gasteiger partial charge >= 0.3 is 11.8 Å². The average Bonchev–Trinajstić information content (AvgIpc) is 3.18. The molecule has 9 heteroatoms. The van der Waals surface area contributed by atoms with Crippen molar-refractivity contribution in [3.63, 3.8) is 0 Å². The van der Waals surface area contributed by atoms with Gasteiger partial charge in [0.15, 0.2) is 12.5 Å². The molecule has 156 valence electrons. The van der Waals surface area contributed by atoms with E-state index in [0.29, 0.717) is 5.75 Å². The summed E-state index contributed by atoms with van der Waals surface area (Å²) in [6.07, 6.45) is 3.74. The van der Waals surface area contributed by atoms with Crippen LogP contribution in [0.2, 0.25) is 0 Å². The van der Waals surface area contributed by atoms with Crippen molar-refractivity contribution in [1.82, 2.24) is 9.55 Å². The lowest BCUT2D eigenvalue weighted by Gasteiger charge is -2.13. The third-order valence-electron chi connectivity index (χ3n) is 4.46. The van der Waals surface area contributed by atoms with E-state index in [1.54, 1.807) is 12.1 Å². The number of rotatable bonds is 8. The number of aliphatic hydroxyl groups excluding tert-OH is 1. The Labute approximate surface area is 168 Å². The Morgan fingerprint density at radius 3 is 2.76 bits per heavy atom. The number of amides is 1. The first kappa shape index (κ1) is 21.0. The number of nitrogens with zero attached hydrogens (tertiary/aromatic N) is 2. The van der Waals surface area contributed by atoms with Gasteiger partial charge in [0.1, 0.15) is 11.6 Å². The van der Waals surface area contributed by atoms with Crippen LogP contribution in [0, 0.1) is 0 Å². The lowest BCUT2D eigenvalue weighted by atomic mass is 10.1. The summed E-state index contributed by atoms with van der Waals surface area (Å²) in [5.41, 5.74) is 0.574. The molecule has 29 heavy (non-hydrogen) atoms. The van der Waals surface area contributed by atoms with Gasteiger partial charge < -0.3 is 19.3 Å². The molecular formula is C20H25N3O6. The molecule has 0 bridgehead atoms. The van der Waals surface area contributed by atoms with E-state index in [1.165, 1.54) is 35.2 Å². The topological polar surface area (TPSA) is 112 Å². The van der Waals surface area contributed by atoms with Crippen molar-refractivity contribution in [2.24, 2.45) is 0 Å². The zero-order chi connectivity index (χ0) is 20.6. The number of aliphatic hydroxyl groups is 1. The number of ether oxygens (including phenoxy) is 3. The Morgan fingerprint density at radius 1 is 1.31 bits per heavy atom. The lowest BCUT2D eigenvalue weighted by molar-refractivity contribution is -0.0992. The van der Waals surface area contributed by atoms with Gasteiger partial charge in [0.2, 0.25) is 0 Å². The van der Waals surface area contributed by atoms with Gasteiger partial charge in [-0.15, -0.1) is 0 Å². The molecule has 0 unspecified atom stereocenters. The van der Waals surface area contributed by atoms with Crippen LogP contribution in [-0.2, 0) is 15.9 Å². The molecule has 1 aliphatic rings. The van der Waals surface area contributed by atoms with Crippen LogP contribution in [-0.4, -0.2) is 40.3 Å². The van der Waals surface area contributed by atoms with E-state index in [4.69, 9.17) is 19.3 Å². The van der Waals surface area contributed by atoms with Crippen molar-refractivity contribution >= 4 is 11.9 Å². The summed E-state index contributed by atoms with van der Waals surface area (Å²) in [4.78, 5) is 28.0. The standard InChI is InChI=1S/C20H25N3O6/c1-2-3-4-5-14-6-8-15(9-7-14)28-20(26)22-16-10-11-23(19(25)21-16)17-13-27-18(12-24)29-17/h6-11,17-18,24H,2-5,12-13H2,1H3,(H,21,22,25,26)/t17-,18-/m0/s1. The second-order valence-electron chi connectivity index (χ2n) is 6.65. The molecule has 0 spiro atoms. The largest absolute Gasteiger partial charge is 0.418 e. The summed E-state index contributed by atoms with van der Waals surface area (Å²) in [7, 11) is 0. The molecule has 2 heterocycles.